The van der Waals surface area contributed by atoms with Gasteiger partial charge in [-0.05, 0) is 20.3 Å². The molecule has 0 spiro atoms. The van der Waals surface area contributed by atoms with E-state index in [4.69, 9.17) is 0 Å². The first-order valence-corrected chi connectivity index (χ1v) is 5.56. The molecule has 0 aliphatic heterocycles. The zero-order valence-electron chi connectivity index (χ0n) is 10.1. The molecule has 0 fully saturated rings. The Bertz CT molecular complexity index is 320. The molecular formula is C13H19F2N. The van der Waals surface area contributed by atoms with Gasteiger partial charge in [0.1, 0.15) is 0 Å². The molecule has 0 saturated heterocycles. The van der Waals surface area contributed by atoms with Crippen molar-refractivity contribution in [2.24, 2.45) is 0 Å². The highest BCUT2D eigenvalue weighted by Gasteiger charge is 2.32. The number of rotatable bonds is 5. The molecule has 0 aliphatic carbocycles. The largest absolute Gasteiger partial charge is 0.306 e. The van der Waals surface area contributed by atoms with Crippen LogP contribution in [-0.4, -0.2) is 12.1 Å². The zero-order chi connectivity index (χ0) is 12.2. The maximum Gasteiger partial charge on any atom is 0.285 e. The Morgan fingerprint density at radius 3 is 2.19 bits per heavy atom. The van der Waals surface area contributed by atoms with E-state index in [1.807, 2.05) is 20.8 Å². The minimum Gasteiger partial charge on any atom is -0.306 e. The van der Waals surface area contributed by atoms with Gasteiger partial charge in [-0.25, -0.2) is 0 Å². The highest BCUT2D eigenvalue weighted by Crippen LogP contribution is 2.27. The van der Waals surface area contributed by atoms with Crippen LogP contribution in [0.25, 0.3) is 0 Å². The lowest BCUT2D eigenvalue weighted by Gasteiger charge is -2.28. The SMILES string of the molecule is CCC(C)(C)NCC(F)(F)c1ccccc1. The fourth-order valence-electron chi connectivity index (χ4n) is 1.26. The number of hydrogen-bond acceptors (Lipinski definition) is 1. The summed E-state index contributed by atoms with van der Waals surface area (Å²) in [5, 5.41) is 2.90. The van der Waals surface area contributed by atoms with Crippen molar-refractivity contribution in [3.63, 3.8) is 0 Å². The van der Waals surface area contributed by atoms with Crippen molar-refractivity contribution >= 4 is 0 Å². The standard InChI is InChI=1S/C13H19F2N/c1-4-12(2,3)16-10-13(14,15)11-8-6-5-7-9-11/h5-9,16H,4,10H2,1-3H3. The third-order valence-corrected chi connectivity index (χ3v) is 2.87. The molecule has 3 heteroatoms. The molecule has 0 aliphatic rings. The van der Waals surface area contributed by atoms with Crippen molar-refractivity contribution in [3.05, 3.63) is 35.9 Å². The van der Waals surface area contributed by atoms with Gasteiger partial charge in [0, 0.05) is 11.1 Å². The van der Waals surface area contributed by atoms with Crippen LogP contribution in [0.5, 0.6) is 0 Å². The third-order valence-electron chi connectivity index (χ3n) is 2.87. The molecule has 0 radical (unpaired) electrons. The minimum absolute atomic E-state index is 0.0643. The summed E-state index contributed by atoms with van der Waals surface area (Å²) in [6, 6.07) is 7.92. The Balaban J connectivity index is 2.66. The molecule has 0 bridgehead atoms. The van der Waals surface area contributed by atoms with Crippen molar-refractivity contribution in [1.82, 2.24) is 5.32 Å². The van der Waals surface area contributed by atoms with Crippen molar-refractivity contribution in [2.45, 2.75) is 38.7 Å². The summed E-state index contributed by atoms with van der Waals surface area (Å²) in [5.74, 6) is -2.81. The Labute approximate surface area is 95.9 Å². The minimum atomic E-state index is -2.81. The van der Waals surface area contributed by atoms with E-state index in [9.17, 15) is 8.78 Å². The molecule has 0 heterocycles. The molecule has 0 aromatic heterocycles. The predicted octanol–water partition coefficient (Wildman–Crippen LogP) is 3.56. The van der Waals surface area contributed by atoms with E-state index in [0.717, 1.165) is 6.42 Å². The van der Waals surface area contributed by atoms with E-state index in [2.05, 4.69) is 5.32 Å². The van der Waals surface area contributed by atoms with Crippen LogP contribution in [0.1, 0.15) is 32.8 Å². The van der Waals surface area contributed by atoms with E-state index in [1.54, 1.807) is 18.2 Å². The fraction of sp³-hybridized carbons (Fsp3) is 0.538. The van der Waals surface area contributed by atoms with E-state index >= 15 is 0 Å². The number of hydrogen-bond donors (Lipinski definition) is 1. The Kier molecular flexibility index (Phi) is 4.03. The lowest BCUT2D eigenvalue weighted by Crippen LogP contribution is -2.44. The molecule has 1 nitrogen and oxygen atoms in total. The van der Waals surface area contributed by atoms with Crippen molar-refractivity contribution in [2.75, 3.05) is 6.54 Å². The summed E-state index contributed by atoms with van der Waals surface area (Å²) in [7, 11) is 0. The molecule has 1 rings (SSSR count). The number of halogens is 2. The monoisotopic (exact) mass is 227 g/mol. The first kappa shape index (κ1) is 13.1. The highest BCUT2D eigenvalue weighted by atomic mass is 19.3. The molecule has 1 aromatic carbocycles. The van der Waals surface area contributed by atoms with Crippen LogP contribution in [0.2, 0.25) is 0 Å². The van der Waals surface area contributed by atoms with Crippen LogP contribution >= 0.6 is 0 Å². The van der Waals surface area contributed by atoms with Crippen LogP contribution in [-0.2, 0) is 5.92 Å². The van der Waals surface area contributed by atoms with E-state index in [0.29, 0.717) is 0 Å². The zero-order valence-corrected chi connectivity index (χ0v) is 10.1. The second-order valence-corrected chi connectivity index (χ2v) is 4.66. The van der Waals surface area contributed by atoms with E-state index in [-0.39, 0.29) is 17.6 Å². The first-order chi connectivity index (χ1) is 7.37. The molecule has 1 N–H and O–H groups in total. The Hall–Kier alpha value is -0.960. The molecule has 0 atom stereocenters. The number of alkyl halides is 2. The maximum atomic E-state index is 13.8. The first-order valence-electron chi connectivity index (χ1n) is 5.56. The summed E-state index contributed by atoms with van der Waals surface area (Å²) in [6.45, 7) is 5.51. The summed E-state index contributed by atoms with van der Waals surface area (Å²) >= 11 is 0. The van der Waals surface area contributed by atoms with E-state index < -0.39 is 5.92 Å². The van der Waals surface area contributed by atoms with Crippen LogP contribution in [0.3, 0.4) is 0 Å². The quantitative estimate of drug-likeness (QED) is 0.811. The normalized spacial score (nSPS) is 12.8. The molecule has 0 amide bonds. The number of benzene rings is 1. The van der Waals surface area contributed by atoms with Crippen molar-refractivity contribution < 1.29 is 8.78 Å². The Morgan fingerprint density at radius 1 is 1.12 bits per heavy atom. The van der Waals surface area contributed by atoms with Crippen LogP contribution < -0.4 is 5.32 Å². The van der Waals surface area contributed by atoms with Crippen LogP contribution in [0, 0.1) is 0 Å². The third kappa shape index (κ3) is 3.56. The van der Waals surface area contributed by atoms with Gasteiger partial charge >= 0.3 is 0 Å². The van der Waals surface area contributed by atoms with Crippen molar-refractivity contribution in [1.29, 1.82) is 0 Å². The van der Waals surface area contributed by atoms with Crippen LogP contribution in [0.15, 0.2) is 30.3 Å². The maximum absolute atomic E-state index is 13.8. The molecule has 0 unspecified atom stereocenters. The molecule has 90 valence electrons. The van der Waals surface area contributed by atoms with Gasteiger partial charge in [0.05, 0.1) is 6.54 Å². The molecule has 0 saturated carbocycles. The molecular weight excluding hydrogens is 208 g/mol. The van der Waals surface area contributed by atoms with Gasteiger partial charge in [-0.1, -0.05) is 37.3 Å². The van der Waals surface area contributed by atoms with Gasteiger partial charge in [0.2, 0.25) is 0 Å². The average Bonchev–Trinajstić information content (AvgIpc) is 2.28. The van der Waals surface area contributed by atoms with Crippen molar-refractivity contribution in [3.8, 4) is 0 Å². The smallest absolute Gasteiger partial charge is 0.285 e. The van der Waals surface area contributed by atoms with Gasteiger partial charge < -0.3 is 5.32 Å². The van der Waals surface area contributed by atoms with Gasteiger partial charge in [-0.2, -0.15) is 8.78 Å². The second kappa shape index (κ2) is 4.91. The average molecular weight is 227 g/mol. The molecule has 1 aromatic rings. The fourth-order valence-corrected chi connectivity index (χ4v) is 1.26. The summed E-state index contributed by atoms with van der Waals surface area (Å²) in [5.41, 5.74) is -0.188. The van der Waals surface area contributed by atoms with Gasteiger partial charge in [0.15, 0.2) is 0 Å². The summed E-state index contributed by atoms with van der Waals surface area (Å²) in [6.07, 6.45) is 0.817. The van der Waals surface area contributed by atoms with Gasteiger partial charge in [0.25, 0.3) is 5.92 Å². The lowest BCUT2D eigenvalue weighted by molar-refractivity contribution is -0.00961. The number of nitrogens with one attached hydrogen (secondary N) is 1. The summed E-state index contributed by atoms with van der Waals surface area (Å²) in [4.78, 5) is 0. The summed E-state index contributed by atoms with van der Waals surface area (Å²) < 4.78 is 27.5. The second-order valence-electron chi connectivity index (χ2n) is 4.66. The lowest BCUT2D eigenvalue weighted by atomic mass is 10.0. The predicted molar refractivity (Wildman–Crippen MR) is 62.7 cm³/mol. The molecule has 16 heavy (non-hydrogen) atoms. The van der Waals surface area contributed by atoms with E-state index in [1.165, 1.54) is 12.1 Å². The van der Waals surface area contributed by atoms with Crippen LogP contribution in [0.4, 0.5) is 8.78 Å². The van der Waals surface area contributed by atoms with Gasteiger partial charge in [-0.3, -0.25) is 0 Å². The topological polar surface area (TPSA) is 12.0 Å². The highest BCUT2D eigenvalue weighted by molar-refractivity contribution is 5.20. The Morgan fingerprint density at radius 2 is 1.69 bits per heavy atom. The van der Waals surface area contributed by atoms with Gasteiger partial charge in [-0.15, -0.1) is 0 Å².